The lowest BCUT2D eigenvalue weighted by Gasteiger charge is -2.32. The molecule has 20 heavy (non-hydrogen) atoms. The molecule has 112 valence electrons. The largest absolute Gasteiger partial charge is 0.388 e. The molecule has 1 aliphatic heterocycles. The van der Waals surface area contributed by atoms with Gasteiger partial charge in [-0.05, 0) is 42.9 Å². The van der Waals surface area contributed by atoms with Crippen LogP contribution >= 0.6 is 15.9 Å². The molecule has 0 amide bonds. The summed E-state index contributed by atoms with van der Waals surface area (Å²) in [5, 5.41) is 10.3. The molecule has 0 spiro atoms. The minimum atomic E-state index is -3.12. The molecule has 2 atom stereocenters. The van der Waals surface area contributed by atoms with Crippen molar-refractivity contribution in [2.75, 3.05) is 19.3 Å². The first kappa shape index (κ1) is 15.9. The van der Waals surface area contributed by atoms with Gasteiger partial charge >= 0.3 is 0 Å². The van der Waals surface area contributed by atoms with Crippen LogP contribution in [-0.2, 0) is 10.0 Å². The maximum Gasteiger partial charge on any atom is 0.211 e. The number of hydrogen-bond donors (Lipinski definition) is 1. The van der Waals surface area contributed by atoms with E-state index < -0.39 is 16.1 Å². The third-order valence-corrected chi connectivity index (χ3v) is 5.56. The zero-order valence-corrected chi connectivity index (χ0v) is 13.9. The molecule has 1 saturated heterocycles. The Morgan fingerprint density at radius 3 is 2.65 bits per heavy atom. The summed E-state index contributed by atoms with van der Waals surface area (Å²) >= 11 is 3.37. The Labute approximate surface area is 129 Å². The van der Waals surface area contributed by atoms with E-state index in [4.69, 9.17) is 0 Å². The van der Waals surface area contributed by atoms with Gasteiger partial charge in [0.25, 0.3) is 0 Å². The standard InChI is InChI=1S/C14H20BrNO3S/c1-20(18,19)16-8-2-3-11(10-16)9-14(17)12-4-6-13(15)7-5-12/h4-7,11,14,17H,2-3,8-10H2,1H3. The van der Waals surface area contributed by atoms with Crippen LogP contribution in [0.1, 0.15) is 30.9 Å². The van der Waals surface area contributed by atoms with Gasteiger partial charge in [0.15, 0.2) is 0 Å². The van der Waals surface area contributed by atoms with E-state index in [0.717, 1.165) is 22.9 Å². The number of piperidine rings is 1. The smallest absolute Gasteiger partial charge is 0.211 e. The van der Waals surface area contributed by atoms with Crippen molar-refractivity contribution >= 4 is 26.0 Å². The van der Waals surface area contributed by atoms with Crippen molar-refractivity contribution in [3.63, 3.8) is 0 Å². The minimum absolute atomic E-state index is 0.220. The summed E-state index contributed by atoms with van der Waals surface area (Å²) < 4.78 is 25.7. The second-order valence-electron chi connectivity index (χ2n) is 5.43. The third-order valence-electron chi connectivity index (χ3n) is 3.76. The van der Waals surface area contributed by atoms with Crippen LogP contribution in [0.25, 0.3) is 0 Å². The van der Waals surface area contributed by atoms with Crippen molar-refractivity contribution in [1.82, 2.24) is 4.31 Å². The Hall–Kier alpha value is -0.430. The third kappa shape index (κ3) is 4.28. The molecule has 1 N–H and O–H groups in total. The van der Waals surface area contributed by atoms with Crippen LogP contribution in [0.2, 0.25) is 0 Å². The summed E-state index contributed by atoms with van der Waals surface area (Å²) in [6.45, 7) is 1.12. The van der Waals surface area contributed by atoms with Gasteiger partial charge in [-0.2, -0.15) is 0 Å². The second-order valence-corrected chi connectivity index (χ2v) is 8.33. The number of aliphatic hydroxyl groups is 1. The van der Waals surface area contributed by atoms with Crippen molar-refractivity contribution in [1.29, 1.82) is 0 Å². The first-order valence-corrected chi connectivity index (χ1v) is 9.39. The number of nitrogens with zero attached hydrogens (tertiary/aromatic N) is 1. The highest BCUT2D eigenvalue weighted by Gasteiger charge is 2.27. The molecular formula is C14H20BrNO3S. The molecule has 2 rings (SSSR count). The summed E-state index contributed by atoms with van der Waals surface area (Å²) in [7, 11) is -3.12. The molecule has 2 unspecified atom stereocenters. The fourth-order valence-electron chi connectivity index (χ4n) is 2.66. The summed E-state index contributed by atoms with van der Waals surface area (Å²) in [6, 6.07) is 7.60. The van der Waals surface area contributed by atoms with Crippen LogP contribution < -0.4 is 0 Å². The highest BCUT2D eigenvalue weighted by molar-refractivity contribution is 9.10. The van der Waals surface area contributed by atoms with E-state index in [1.165, 1.54) is 10.6 Å². The van der Waals surface area contributed by atoms with Gasteiger partial charge in [-0.15, -0.1) is 0 Å². The van der Waals surface area contributed by atoms with Crippen LogP contribution in [0.3, 0.4) is 0 Å². The van der Waals surface area contributed by atoms with Crippen molar-refractivity contribution in [3.05, 3.63) is 34.3 Å². The molecule has 1 heterocycles. The molecule has 0 aromatic heterocycles. The molecule has 0 bridgehead atoms. The molecule has 1 aromatic carbocycles. The number of benzene rings is 1. The molecule has 1 aliphatic rings. The van der Waals surface area contributed by atoms with Gasteiger partial charge in [-0.3, -0.25) is 0 Å². The van der Waals surface area contributed by atoms with E-state index in [2.05, 4.69) is 15.9 Å². The van der Waals surface area contributed by atoms with E-state index in [-0.39, 0.29) is 5.92 Å². The average Bonchev–Trinajstić information content (AvgIpc) is 2.38. The molecule has 0 saturated carbocycles. The molecule has 0 aliphatic carbocycles. The first-order valence-electron chi connectivity index (χ1n) is 6.75. The minimum Gasteiger partial charge on any atom is -0.388 e. The number of aliphatic hydroxyl groups excluding tert-OH is 1. The molecule has 4 nitrogen and oxygen atoms in total. The number of rotatable bonds is 4. The SMILES string of the molecule is CS(=O)(=O)N1CCCC(CC(O)c2ccc(Br)cc2)C1. The average molecular weight is 362 g/mol. The van der Waals surface area contributed by atoms with E-state index in [1.54, 1.807) is 0 Å². The van der Waals surface area contributed by atoms with Crippen LogP contribution in [0.4, 0.5) is 0 Å². The Kier molecular flexibility index (Phi) is 5.23. The van der Waals surface area contributed by atoms with Crippen LogP contribution in [-0.4, -0.2) is 37.2 Å². The molecule has 0 radical (unpaired) electrons. The summed E-state index contributed by atoms with van der Waals surface area (Å²) in [4.78, 5) is 0. The summed E-state index contributed by atoms with van der Waals surface area (Å²) in [6.07, 6.45) is 3.16. The fraction of sp³-hybridized carbons (Fsp3) is 0.571. The highest BCUT2D eigenvalue weighted by atomic mass is 79.9. The summed E-state index contributed by atoms with van der Waals surface area (Å²) in [5.41, 5.74) is 0.879. The predicted octanol–water partition coefficient (Wildman–Crippen LogP) is 2.54. The van der Waals surface area contributed by atoms with Crippen molar-refractivity contribution < 1.29 is 13.5 Å². The topological polar surface area (TPSA) is 57.6 Å². The number of hydrogen-bond acceptors (Lipinski definition) is 3. The Bertz CT molecular complexity index is 544. The Morgan fingerprint density at radius 2 is 2.05 bits per heavy atom. The molecule has 6 heteroatoms. The van der Waals surface area contributed by atoms with Gasteiger partial charge < -0.3 is 5.11 Å². The fourth-order valence-corrected chi connectivity index (χ4v) is 3.86. The second kappa shape index (κ2) is 6.56. The molecular weight excluding hydrogens is 342 g/mol. The van der Waals surface area contributed by atoms with Crippen LogP contribution in [0, 0.1) is 5.92 Å². The molecule has 1 aromatic rings. The van der Waals surface area contributed by atoms with Gasteiger partial charge in [-0.25, -0.2) is 12.7 Å². The zero-order valence-electron chi connectivity index (χ0n) is 11.5. The monoisotopic (exact) mass is 361 g/mol. The van der Waals surface area contributed by atoms with Crippen molar-refractivity contribution in [2.24, 2.45) is 5.92 Å². The predicted molar refractivity (Wildman–Crippen MR) is 82.9 cm³/mol. The van der Waals surface area contributed by atoms with Crippen LogP contribution in [0.5, 0.6) is 0 Å². The maximum atomic E-state index is 11.6. The van der Waals surface area contributed by atoms with Gasteiger partial charge in [0.1, 0.15) is 0 Å². The summed E-state index contributed by atoms with van der Waals surface area (Å²) in [5.74, 6) is 0.220. The first-order chi connectivity index (χ1) is 9.36. The van der Waals surface area contributed by atoms with Crippen LogP contribution in [0.15, 0.2) is 28.7 Å². The normalized spacial score (nSPS) is 22.6. The van der Waals surface area contributed by atoms with Gasteiger partial charge in [0.05, 0.1) is 12.4 Å². The Balaban J connectivity index is 1.97. The maximum absolute atomic E-state index is 11.6. The van der Waals surface area contributed by atoms with Gasteiger partial charge in [-0.1, -0.05) is 28.1 Å². The van der Waals surface area contributed by atoms with Gasteiger partial charge in [0, 0.05) is 17.6 Å². The molecule has 1 fully saturated rings. The van der Waals surface area contributed by atoms with E-state index >= 15 is 0 Å². The highest BCUT2D eigenvalue weighted by Crippen LogP contribution is 2.28. The van der Waals surface area contributed by atoms with E-state index in [0.29, 0.717) is 19.5 Å². The number of halogens is 1. The van der Waals surface area contributed by atoms with E-state index in [9.17, 15) is 13.5 Å². The lowest BCUT2D eigenvalue weighted by atomic mass is 9.91. The van der Waals surface area contributed by atoms with Crippen molar-refractivity contribution in [2.45, 2.75) is 25.4 Å². The number of sulfonamides is 1. The lowest BCUT2D eigenvalue weighted by Crippen LogP contribution is -2.39. The Morgan fingerprint density at radius 1 is 1.40 bits per heavy atom. The zero-order chi connectivity index (χ0) is 14.8. The van der Waals surface area contributed by atoms with Crippen molar-refractivity contribution in [3.8, 4) is 0 Å². The lowest BCUT2D eigenvalue weighted by molar-refractivity contribution is 0.123. The quantitative estimate of drug-likeness (QED) is 0.896. The van der Waals surface area contributed by atoms with E-state index in [1.807, 2.05) is 24.3 Å². The van der Waals surface area contributed by atoms with Gasteiger partial charge in [0.2, 0.25) is 10.0 Å².